The zero-order valence-corrected chi connectivity index (χ0v) is 14.3. The van der Waals surface area contributed by atoms with Crippen LogP contribution in [-0.2, 0) is 27.4 Å². The lowest BCUT2D eigenvalue weighted by molar-refractivity contribution is -0.149. The fourth-order valence-corrected chi connectivity index (χ4v) is 2.27. The van der Waals surface area contributed by atoms with Gasteiger partial charge in [-0.3, -0.25) is 9.59 Å². The Kier molecular flexibility index (Phi) is 5.78. The van der Waals surface area contributed by atoms with Crippen LogP contribution in [0.4, 0.5) is 0 Å². The van der Waals surface area contributed by atoms with E-state index in [0.717, 1.165) is 10.2 Å². The van der Waals surface area contributed by atoms with E-state index in [1.165, 1.54) is 0 Å². The van der Waals surface area contributed by atoms with Crippen LogP contribution < -0.4 is 11.1 Å². The summed E-state index contributed by atoms with van der Waals surface area (Å²) in [6, 6.07) is 18.2. The number of amides is 1. The van der Waals surface area contributed by atoms with Crippen molar-refractivity contribution in [2.24, 2.45) is 0 Å². The van der Waals surface area contributed by atoms with E-state index in [-0.39, 0.29) is 5.89 Å². The smallest absolute Gasteiger partial charge is 0.437 e. The van der Waals surface area contributed by atoms with Crippen LogP contribution in [-0.4, -0.2) is 28.3 Å². The normalized spacial score (nSPS) is 10.4. The van der Waals surface area contributed by atoms with Crippen molar-refractivity contribution in [3.63, 3.8) is 0 Å². The first-order valence-electron chi connectivity index (χ1n) is 8.21. The topological polar surface area (TPSA) is 103 Å². The van der Waals surface area contributed by atoms with Crippen LogP contribution in [0.1, 0.15) is 5.56 Å². The van der Waals surface area contributed by atoms with Crippen molar-refractivity contribution in [3.05, 3.63) is 76.8 Å². The van der Waals surface area contributed by atoms with Crippen LogP contribution in [0, 0.1) is 0 Å². The zero-order chi connectivity index (χ0) is 19.1. The van der Waals surface area contributed by atoms with E-state index in [0.29, 0.717) is 12.1 Å². The van der Waals surface area contributed by atoms with Gasteiger partial charge in [-0.05, 0) is 17.7 Å². The van der Waals surface area contributed by atoms with E-state index in [1.807, 2.05) is 36.4 Å². The predicted octanol–water partition coefficient (Wildman–Crippen LogP) is 1.36. The van der Waals surface area contributed by atoms with E-state index in [4.69, 9.17) is 9.15 Å². The highest BCUT2D eigenvalue weighted by molar-refractivity contribution is 5.80. The molecule has 8 heteroatoms. The lowest BCUT2D eigenvalue weighted by Crippen LogP contribution is -2.30. The summed E-state index contributed by atoms with van der Waals surface area (Å²) in [5.74, 6) is -1.88. The van der Waals surface area contributed by atoms with Gasteiger partial charge in [0.15, 0.2) is 6.61 Å². The molecule has 1 aromatic heterocycles. The van der Waals surface area contributed by atoms with Crippen molar-refractivity contribution >= 4 is 11.9 Å². The highest BCUT2D eigenvalue weighted by atomic mass is 16.5. The summed E-state index contributed by atoms with van der Waals surface area (Å²) in [5, 5.41) is 6.60. The molecule has 3 rings (SSSR count). The number of benzene rings is 2. The van der Waals surface area contributed by atoms with Gasteiger partial charge >= 0.3 is 11.7 Å². The third kappa shape index (κ3) is 5.15. The van der Waals surface area contributed by atoms with Gasteiger partial charge < -0.3 is 14.5 Å². The lowest BCUT2D eigenvalue weighted by atomic mass is 10.2. The molecule has 138 valence electrons. The summed E-state index contributed by atoms with van der Waals surface area (Å²) in [6.45, 7) is -0.550. The summed E-state index contributed by atoms with van der Waals surface area (Å²) in [5.41, 5.74) is 1.54. The van der Waals surface area contributed by atoms with E-state index in [2.05, 4.69) is 10.4 Å². The highest BCUT2D eigenvalue weighted by Crippen LogP contribution is 2.13. The molecule has 0 saturated heterocycles. The molecule has 3 aromatic rings. The molecule has 27 heavy (non-hydrogen) atoms. The summed E-state index contributed by atoms with van der Waals surface area (Å²) < 4.78 is 10.8. The number of nitrogens with zero attached hydrogens (tertiary/aromatic N) is 2. The SMILES string of the molecule is O=C(COC(=O)Cn1nc(-c2ccccc2)oc1=O)NCc1ccccc1. The fourth-order valence-electron chi connectivity index (χ4n) is 2.27. The van der Waals surface area contributed by atoms with Gasteiger partial charge in [0, 0.05) is 12.1 Å². The maximum atomic E-state index is 11.8. The lowest BCUT2D eigenvalue weighted by Gasteiger charge is -2.06. The first-order valence-corrected chi connectivity index (χ1v) is 8.21. The Balaban J connectivity index is 1.49. The maximum Gasteiger partial charge on any atom is 0.437 e. The third-order valence-corrected chi connectivity index (χ3v) is 3.60. The average molecular weight is 367 g/mol. The Morgan fingerprint density at radius 1 is 1.04 bits per heavy atom. The van der Waals surface area contributed by atoms with E-state index >= 15 is 0 Å². The number of hydrogen-bond donors (Lipinski definition) is 1. The molecule has 0 aliphatic carbocycles. The summed E-state index contributed by atoms with van der Waals surface area (Å²) >= 11 is 0. The molecule has 0 fully saturated rings. The number of esters is 1. The molecule has 1 N–H and O–H groups in total. The summed E-state index contributed by atoms with van der Waals surface area (Å²) in [7, 11) is 0. The number of carbonyl (C=O) groups is 2. The summed E-state index contributed by atoms with van der Waals surface area (Å²) in [4.78, 5) is 35.4. The Bertz CT molecular complexity index is 964. The molecule has 0 bridgehead atoms. The first kappa shape index (κ1) is 18.1. The van der Waals surface area contributed by atoms with Crippen LogP contribution in [0.25, 0.3) is 11.5 Å². The molecule has 0 aliphatic rings. The van der Waals surface area contributed by atoms with E-state index < -0.39 is 30.8 Å². The first-order chi connectivity index (χ1) is 13.1. The van der Waals surface area contributed by atoms with Crippen LogP contribution in [0.5, 0.6) is 0 Å². The molecule has 0 saturated carbocycles. The van der Waals surface area contributed by atoms with Gasteiger partial charge in [-0.15, -0.1) is 5.10 Å². The van der Waals surface area contributed by atoms with Gasteiger partial charge in [-0.1, -0.05) is 48.5 Å². The standard InChI is InChI=1S/C19H17N3O5/c23-16(20-11-14-7-3-1-4-8-14)13-26-17(24)12-22-19(25)27-18(21-22)15-9-5-2-6-10-15/h1-10H,11-13H2,(H,20,23). The Hall–Kier alpha value is -3.68. The number of nitrogens with one attached hydrogen (secondary N) is 1. The number of carbonyl (C=O) groups excluding carboxylic acids is 2. The van der Waals surface area contributed by atoms with Crippen molar-refractivity contribution in [1.29, 1.82) is 0 Å². The largest absolute Gasteiger partial charge is 0.454 e. The van der Waals surface area contributed by atoms with Crippen LogP contribution in [0.2, 0.25) is 0 Å². The second-order valence-electron chi connectivity index (χ2n) is 5.62. The van der Waals surface area contributed by atoms with Gasteiger partial charge in [0.05, 0.1) is 0 Å². The van der Waals surface area contributed by atoms with Crippen molar-refractivity contribution in [2.75, 3.05) is 6.61 Å². The zero-order valence-electron chi connectivity index (χ0n) is 14.3. The second kappa shape index (κ2) is 8.61. The summed E-state index contributed by atoms with van der Waals surface area (Å²) in [6.07, 6.45) is 0. The molecule has 1 heterocycles. The quantitative estimate of drug-likeness (QED) is 0.633. The van der Waals surface area contributed by atoms with Crippen molar-refractivity contribution in [1.82, 2.24) is 15.1 Å². The van der Waals surface area contributed by atoms with Crippen LogP contribution in [0.3, 0.4) is 0 Å². The van der Waals surface area contributed by atoms with Crippen LogP contribution in [0.15, 0.2) is 69.9 Å². The molecular weight excluding hydrogens is 350 g/mol. The van der Waals surface area contributed by atoms with Gasteiger partial charge in [0.1, 0.15) is 6.54 Å². The van der Waals surface area contributed by atoms with Gasteiger partial charge in [-0.2, -0.15) is 4.68 Å². The minimum absolute atomic E-state index is 0.106. The number of hydrogen-bond acceptors (Lipinski definition) is 6. The van der Waals surface area contributed by atoms with Gasteiger partial charge in [0.2, 0.25) is 5.89 Å². The van der Waals surface area contributed by atoms with E-state index in [9.17, 15) is 14.4 Å². The van der Waals surface area contributed by atoms with E-state index in [1.54, 1.807) is 24.3 Å². The minimum Gasteiger partial charge on any atom is -0.454 e. The predicted molar refractivity (Wildman–Crippen MR) is 95.4 cm³/mol. The Labute approximate surface area is 154 Å². The van der Waals surface area contributed by atoms with Crippen molar-refractivity contribution < 1.29 is 18.7 Å². The van der Waals surface area contributed by atoms with Gasteiger partial charge in [-0.25, -0.2) is 4.79 Å². The van der Waals surface area contributed by atoms with Crippen molar-refractivity contribution in [2.45, 2.75) is 13.1 Å². The maximum absolute atomic E-state index is 11.8. The molecule has 0 radical (unpaired) electrons. The average Bonchev–Trinajstić information content (AvgIpc) is 3.06. The molecule has 0 spiro atoms. The van der Waals surface area contributed by atoms with Gasteiger partial charge in [0.25, 0.3) is 5.91 Å². The molecule has 8 nitrogen and oxygen atoms in total. The molecular formula is C19H17N3O5. The molecule has 0 atom stereocenters. The second-order valence-corrected chi connectivity index (χ2v) is 5.62. The Morgan fingerprint density at radius 3 is 2.41 bits per heavy atom. The number of aromatic nitrogens is 2. The molecule has 2 aromatic carbocycles. The number of ether oxygens (including phenoxy) is 1. The number of rotatable bonds is 7. The monoisotopic (exact) mass is 367 g/mol. The fraction of sp³-hybridized carbons (Fsp3) is 0.158. The molecule has 1 amide bonds. The molecule has 0 unspecified atom stereocenters. The minimum atomic E-state index is -0.778. The van der Waals surface area contributed by atoms with Crippen molar-refractivity contribution in [3.8, 4) is 11.5 Å². The highest BCUT2D eigenvalue weighted by Gasteiger charge is 2.14. The third-order valence-electron chi connectivity index (χ3n) is 3.60. The molecule has 0 aliphatic heterocycles. The Morgan fingerprint density at radius 2 is 1.70 bits per heavy atom. The van der Waals surface area contributed by atoms with Crippen LogP contribution >= 0.6 is 0 Å².